The van der Waals surface area contributed by atoms with Crippen molar-refractivity contribution in [3.8, 4) is 0 Å². The number of H-pyrrole nitrogens is 1. The molecule has 2 heterocycles. The average molecular weight is 341 g/mol. The Morgan fingerprint density at radius 2 is 2.08 bits per heavy atom. The molecule has 130 valence electrons. The number of nitrogens with zero attached hydrogens (tertiary/aromatic N) is 1. The highest BCUT2D eigenvalue weighted by atomic mass is 16.5. The highest BCUT2D eigenvalue weighted by molar-refractivity contribution is 5.87. The van der Waals surface area contributed by atoms with Crippen LogP contribution >= 0.6 is 0 Å². The number of nitrogens with one attached hydrogen (secondary N) is 2. The maximum atomic E-state index is 12.3. The number of amides is 1. The van der Waals surface area contributed by atoms with Gasteiger partial charge in [-0.25, -0.2) is 4.79 Å². The first-order chi connectivity index (χ1) is 12.0. The molecule has 0 aliphatic carbocycles. The van der Waals surface area contributed by atoms with Crippen LogP contribution in [0.5, 0.6) is 0 Å². The van der Waals surface area contributed by atoms with Gasteiger partial charge in [0.25, 0.3) is 0 Å². The van der Waals surface area contributed by atoms with Gasteiger partial charge < -0.3 is 19.9 Å². The van der Waals surface area contributed by atoms with Crippen molar-refractivity contribution in [1.29, 1.82) is 0 Å². The molecule has 1 atom stereocenters. The van der Waals surface area contributed by atoms with E-state index in [1.54, 1.807) is 20.0 Å². The van der Waals surface area contributed by atoms with Crippen molar-refractivity contribution >= 4 is 22.8 Å². The van der Waals surface area contributed by atoms with Crippen LogP contribution in [-0.4, -0.2) is 33.2 Å². The number of aromatic nitrogens is 2. The molecule has 7 nitrogen and oxygen atoms in total. The smallest absolute Gasteiger partial charge is 0.326 e. The molecular weight excluding hydrogens is 322 g/mol. The molecule has 3 N–H and O–H groups in total. The molecule has 0 fully saturated rings. The van der Waals surface area contributed by atoms with Gasteiger partial charge in [0, 0.05) is 29.1 Å². The molecule has 1 amide bonds. The third-order valence-electron chi connectivity index (χ3n) is 4.25. The second-order valence-electron chi connectivity index (χ2n) is 6.00. The number of rotatable bonds is 6. The molecule has 0 spiro atoms. The lowest BCUT2D eigenvalue weighted by atomic mass is 10.0. The Bertz CT molecular complexity index is 906. The van der Waals surface area contributed by atoms with E-state index in [1.165, 1.54) is 0 Å². The molecule has 1 aromatic carbocycles. The number of para-hydroxylation sites is 1. The van der Waals surface area contributed by atoms with Crippen LogP contribution in [0.15, 0.2) is 35.0 Å². The second-order valence-corrected chi connectivity index (χ2v) is 6.00. The molecular formula is C18H19N3O4. The third-order valence-corrected chi connectivity index (χ3v) is 4.25. The van der Waals surface area contributed by atoms with E-state index in [0.717, 1.165) is 16.5 Å². The molecule has 2 aromatic heterocycles. The van der Waals surface area contributed by atoms with Crippen LogP contribution in [0.2, 0.25) is 0 Å². The molecule has 0 radical (unpaired) electrons. The number of hydrogen-bond donors (Lipinski definition) is 3. The van der Waals surface area contributed by atoms with Gasteiger partial charge in [0.05, 0.1) is 12.1 Å². The minimum absolute atomic E-state index is 0.0405. The van der Waals surface area contributed by atoms with Gasteiger partial charge in [-0.1, -0.05) is 23.4 Å². The largest absolute Gasteiger partial charge is 0.480 e. The Labute approximate surface area is 144 Å². The molecule has 0 aliphatic rings. The fourth-order valence-electron chi connectivity index (χ4n) is 2.88. The van der Waals surface area contributed by atoms with Gasteiger partial charge >= 0.3 is 5.97 Å². The summed E-state index contributed by atoms with van der Waals surface area (Å²) in [5, 5.41) is 16.8. The van der Waals surface area contributed by atoms with E-state index < -0.39 is 12.0 Å². The number of aliphatic carboxylic acids is 1. The van der Waals surface area contributed by atoms with Crippen LogP contribution in [-0.2, 0) is 22.4 Å². The summed E-state index contributed by atoms with van der Waals surface area (Å²) in [7, 11) is 0. The van der Waals surface area contributed by atoms with Crippen molar-refractivity contribution in [1.82, 2.24) is 15.5 Å². The third kappa shape index (κ3) is 3.55. The van der Waals surface area contributed by atoms with E-state index in [0.29, 0.717) is 17.0 Å². The topological polar surface area (TPSA) is 108 Å². The number of carbonyl (C=O) groups excluding carboxylic acids is 1. The van der Waals surface area contributed by atoms with E-state index in [2.05, 4.69) is 15.5 Å². The standard InChI is InChI=1S/C18H19N3O4/c1-10-14(11(2)25-21-10)8-17(22)20-16(18(23)24)7-12-9-19-15-6-4-3-5-13(12)15/h3-6,9,16,19H,7-8H2,1-2H3,(H,20,22)(H,23,24). The normalized spacial score (nSPS) is 12.2. The molecule has 25 heavy (non-hydrogen) atoms. The maximum Gasteiger partial charge on any atom is 0.326 e. The number of aromatic amines is 1. The van der Waals surface area contributed by atoms with E-state index in [1.807, 2.05) is 24.3 Å². The number of carboxylic acid groups (broad SMARTS) is 1. The summed E-state index contributed by atoms with van der Waals surface area (Å²) in [6, 6.07) is 6.64. The average Bonchev–Trinajstić information content (AvgIpc) is 3.12. The Kier molecular flexibility index (Phi) is 4.56. The van der Waals surface area contributed by atoms with Crippen LogP contribution in [0, 0.1) is 13.8 Å². The molecule has 0 bridgehead atoms. The van der Waals surface area contributed by atoms with Gasteiger partial charge in [-0.15, -0.1) is 0 Å². The van der Waals surface area contributed by atoms with Gasteiger partial charge in [0.15, 0.2) is 0 Å². The van der Waals surface area contributed by atoms with E-state index >= 15 is 0 Å². The minimum atomic E-state index is -1.07. The van der Waals surface area contributed by atoms with E-state index in [-0.39, 0.29) is 18.7 Å². The zero-order chi connectivity index (χ0) is 18.0. The first kappa shape index (κ1) is 16.8. The number of fused-ring (bicyclic) bond motifs is 1. The second kappa shape index (κ2) is 6.80. The number of hydrogen-bond acceptors (Lipinski definition) is 4. The lowest BCUT2D eigenvalue weighted by molar-refractivity contribution is -0.141. The first-order valence-electron chi connectivity index (χ1n) is 7.94. The van der Waals surface area contributed by atoms with E-state index in [9.17, 15) is 14.7 Å². The number of carboxylic acids is 1. The lowest BCUT2D eigenvalue weighted by Gasteiger charge is -2.14. The van der Waals surface area contributed by atoms with Crippen LogP contribution in [0.1, 0.15) is 22.6 Å². The Morgan fingerprint density at radius 3 is 2.76 bits per heavy atom. The van der Waals surface area contributed by atoms with Crippen LogP contribution in [0.3, 0.4) is 0 Å². The Hall–Kier alpha value is -3.09. The van der Waals surface area contributed by atoms with Gasteiger partial charge in [0.2, 0.25) is 5.91 Å². The summed E-state index contributed by atoms with van der Waals surface area (Å²) in [4.78, 5) is 27.0. The maximum absolute atomic E-state index is 12.3. The zero-order valence-corrected chi connectivity index (χ0v) is 14.0. The van der Waals surface area contributed by atoms with Crippen molar-refractivity contribution < 1.29 is 19.2 Å². The van der Waals surface area contributed by atoms with Gasteiger partial charge in [-0.3, -0.25) is 4.79 Å². The highest BCUT2D eigenvalue weighted by Gasteiger charge is 2.23. The van der Waals surface area contributed by atoms with Crippen LogP contribution in [0.25, 0.3) is 10.9 Å². The summed E-state index contributed by atoms with van der Waals surface area (Å²) in [6.07, 6.45) is 2.02. The van der Waals surface area contributed by atoms with Crippen molar-refractivity contribution in [3.63, 3.8) is 0 Å². The summed E-state index contributed by atoms with van der Waals surface area (Å²) in [6.45, 7) is 3.48. The van der Waals surface area contributed by atoms with Gasteiger partial charge in [0.1, 0.15) is 11.8 Å². The molecule has 7 heteroatoms. The number of benzene rings is 1. The highest BCUT2D eigenvalue weighted by Crippen LogP contribution is 2.19. The summed E-state index contributed by atoms with van der Waals surface area (Å²) >= 11 is 0. The molecule has 1 unspecified atom stereocenters. The van der Waals surface area contributed by atoms with Crippen LogP contribution < -0.4 is 5.32 Å². The predicted molar refractivity (Wildman–Crippen MR) is 91.3 cm³/mol. The first-order valence-corrected chi connectivity index (χ1v) is 7.94. The van der Waals surface area contributed by atoms with Crippen molar-refractivity contribution in [3.05, 3.63) is 53.0 Å². The zero-order valence-electron chi connectivity index (χ0n) is 14.0. The van der Waals surface area contributed by atoms with Crippen LogP contribution in [0.4, 0.5) is 0 Å². The fourth-order valence-corrected chi connectivity index (χ4v) is 2.88. The minimum Gasteiger partial charge on any atom is -0.480 e. The number of aryl methyl sites for hydroxylation is 2. The SMILES string of the molecule is Cc1noc(C)c1CC(=O)NC(Cc1c[nH]c2ccccc12)C(=O)O. The van der Waals surface area contributed by atoms with E-state index in [4.69, 9.17) is 4.52 Å². The summed E-state index contributed by atoms with van der Waals surface area (Å²) in [5.41, 5.74) is 3.11. The van der Waals surface area contributed by atoms with Gasteiger partial charge in [-0.05, 0) is 25.5 Å². The summed E-state index contributed by atoms with van der Waals surface area (Å²) < 4.78 is 5.03. The fraction of sp³-hybridized carbons (Fsp3) is 0.278. The number of carbonyl (C=O) groups is 2. The quantitative estimate of drug-likeness (QED) is 0.636. The summed E-state index contributed by atoms with van der Waals surface area (Å²) in [5.74, 6) is -0.879. The lowest BCUT2D eigenvalue weighted by Crippen LogP contribution is -2.43. The van der Waals surface area contributed by atoms with Crippen molar-refractivity contribution in [2.45, 2.75) is 32.7 Å². The Balaban J connectivity index is 1.73. The van der Waals surface area contributed by atoms with Crippen molar-refractivity contribution in [2.24, 2.45) is 0 Å². The van der Waals surface area contributed by atoms with Crippen molar-refractivity contribution in [2.75, 3.05) is 0 Å². The molecule has 0 saturated heterocycles. The Morgan fingerprint density at radius 1 is 1.32 bits per heavy atom. The molecule has 0 saturated carbocycles. The molecule has 0 aliphatic heterocycles. The molecule has 3 aromatic rings. The molecule has 3 rings (SSSR count). The van der Waals surface area contributed by atoms with Gasteiger partial charge in [-0.2, -0.15) is 0 Å². The predicted octanol–water partition coefficient (Wildman–Crippen LogP) is 2.13. The monoisotopic (exact) mass is 341 g/mol.